The molecule has 0 aliphatic carbocycles. The Morgan fingerprint density at radius 3 is 2.82 bits per heavy atom. The molecule has 1 aliphatic heterocycles. The molecule has 1 fully saturated rings. The lowest BCUT2D eigenvalue weighted by Gasteiger charge is -2.30. The summed E-state index contributed by atoms with van der Waals surface area (Å²) in [4.78, 5) is 30.8. The first-order chi connectivity index (χ1) is 16.0. The van der Waals surface area contributed by atoms with E-state index in [1.54, 1.807) is 16.3 Å². The average molecular weight is 466 g/mol. The minimum atomic E-state index is -0.336. The molecule has 33 heavy (non-hydrogen) atoms. The first-order valence-electron chi connectivity index (χ1n) is 10.7. The number of amides is 2. The van der Waals surface area contributed by atoms with Gasteiger partial charge in [0.25, 0.3) is 5.91 Å². The third kappa shape index (κ3) is 4.23. The standard InChI is InChI=1S/C22H23N7O3S/c1-13-16-4-3-15(11-18(16)28(2)25-13)20-24-22(32-26-20)14-5-8-29(9-6-14)19(30)12-23-21(31)17-7-10-33-27-17/h3-4,7,10-11,14H,5-6,8-9,12H2,1-2H3,(H,23,31). The quantitative estimate of drug-likeness (QED) is 0.481. The first kappa shape index (κ1) is 21.3. The summed E-state index contributed by atoms with van der Waals surface area (Å²) in [5.41, 5.74) is 3.21. The van der Waals surface area contributed by atoms with Crippen LogP contribution in [0.15, 0.2) is 34.2 Å². The van der Waals surface area contributed by atoms with Crippen LogP contribution in [0, 0.1) is 6.92 Å². The number of aryl methyl sites for hydroxylation is 2. The van der Waals surface area contributed by atoms with Crippen molar-refractivity contribution in [2.45, 2.75) is 25.7 Å². The van der Waals surface area contributed by atoms with E-state index in [2.05, 4.69) is 24.9 Å². The SMILES string of the molecule is Cc1nn(C)c2cc(-c3noc(C4CCN(C(=O)CNC(=O)c5ccsn5)CC4)n3)ccc12. The molecule has 4 aromatic rings. The van der Waals surface area contributed by atoms with E-state index in [0.29, 0.717) is 30.5 Å². The minimum absolute atomic E-state index is 0.0400. The summed E-state index contributed by atoms with van der Waals surface area (Å²) in [6, 6.07) is 7.66. The molecule has 0 radical (unpaired) electrons. The van der Waals surface area contributed by atoms with Gasteiger partial charge in [-0.1, -0.05) is 17.3 Å². The normalized spacial score (nSPS) is 14.7. The van der Waals surface area contributed by atoms with E-state index in [1.807, 2.05) is 36.9 Å². The van der Waals surface area contributed by atoms with Gasteiger partial charge in [-0.2, -0.15) is 14.5 Å². The summed E-state index contributed by atoms with van der Waals surface area (Å²) in [6.07, 6.45) is 1.46. The second-order valence-electron chi connectivity index (χ2n) is 8.12. The molecule has 0 atom stereocenters. The van der Waals surface area contributed by atoms with E-state index in [4.69, 9.17) is 4.52 Å². The van der Waals surface area contributed by atoms with Gasteiger partial charge in [-0.3, -0.25) is 14.3 Å². The van der Waals surface area contributed by atoms with Gasteiger partial charge in [0.15, 0.2) is 0 Å². The van der Waals surface area contributed by atoms with Crippen LogP contribution >= 0.6 is 11.5 Å². The fraction of sp³-hybridized carbons (Fsp3) is 0.364. The van der Waals surface area contributed by atoms with Crippen LogP contribution in [0.5, 0.6) is 0 Å². The molecular weight excluding hydrogens is 442 g/mol. The Hall–Kier alpha value is -3.60. The van der Waals surface area contributed by atoms with Crippen molar-refractivity contribution < 1.29 is 14.1 Å². The Balaban J connectivity index is 1.18. The van der Waals surface area contributed by atoms with E-state index >= 15 is 0 Å². The molecule has 0 bridgehead atoms. The van der Waals surface area contributed by atoms with Crippen molar-refractivity contribution in [3.8, 4) is 11.4 Å². The third-order valence-corrected chi connectivity index (χ3v) is 6.56. The third-order valence-electron chi connectivity index (χ3n) is 6.00. The van der Waals surface area contributed by atoms with Gasteiger partial charge in [0.1, 0.15) is 5.69 Å². The molecular formula is C22H23N7O3S. The highest BCUT2D eigenvalue weighted by Gasteiger charge is 2.28. The Morgan fingerprint density at radius 2 is 2.06 bits per heavy atom. The second-order valence-corrected chi connectivity index (χ2v) is 8.79. The fourth-order valence-corrected chi connectivity index (χ4v) is 4.67. The van der Waals surface area contributed by atoms with Crippen LogP contribution in [0.2, 0.25) is 0 Å². The lowest BCUT2D eigenvalue weighted by atomic mass is 9.96. The monoisotopic (exact) mass is 465 g/mol. The van der Waals surface area contributed by atoms with Gasteiger partial charge in [0.05, 0.1) is 17.8 Å². The molecule has 11 heteroatoms. The number of aromatic nitrogens is 5. The number of carbonyl (C=O) groups is 2. The number of likely N-dealkylation sites (tertiary alicyclic amines) is 1. The van der Waals surface area contributed by atoms with Crippen molar-refractivity contribution >= 4 is 34.2 Å². The van der Waals surface area contributed by atoms with E-state index < -0.39 is 0 Å². The zero-order valence-corrected chi connectivity index (χ0v) is 19.1. The van der Waals surface area contributed by atoms with E-state index in [0.717, 1.165) is 35.0 Å². The van der Waals surface area contributed by atoms with Gasteiger partial charge >= 0.3 is 0 Å². The van der Waals surface area contributed by atoms with Crippen LogP contribution in [0.4, 0.5) is 0 Å². The topological polar surface area (TPSA) is 119 Å². The molecule has 1 saturated heterocycles. The van der Waals surface area contributed by atoms with Crippen LogP contribution in [-0.4, -0.2) is 60.6 Å². The molecule has 0 spiro atoms. The van der Waals surface area contributed by atoms with Crippen molar-refractivity contribution in [1.29, 1.82) is 0 Å². The number of hydrogen-bond donors (Lipinski definition) is 1. The Kier molecular flexibility index (Phi) is 5.63. The zero-order chi connectivity index (χ0) is 22.9. The zero-order valence-electron chi connectivity index (χ0n) is 18.3. The number of fused-ring (bicyclic) bond motifs is 1. The number of rotatable bonds is 5. The number of piperidine rings is 1. The van der Waals surface area contributed by atoms with Crippen LogP contribution in [0.3, 0.4) is 0 Å². The predicted molar refractivity (Wildman–Crippen MR) is 122 cm³/mol. The molecule has 2 amide bonds. The molecule has 4 heterocycles. The molecule has 5 rings (SSSR count). The van der Waals surface area contributed by atoms with Gasteiger partial charge in [0, 0.05) is 42.4 Å². The highest BCUT2D eigenvalue weighted by atomic mass is 32.1. The maximum atomic E-state index is 12.5. The Morgan fingerprint density at radius 1 is 1.24 bits per heavy atom. The highest BCUT2D eigenvalue weighted by Crippen LogP contribution is 2.30. The van der Waals surface area contributed by atoms with Crippen molar-refractivity contribution in [1.82, 2.24) is 34.5 Å². The summed E-state index contributed by atoms with van der Waals surface area (Å²) < 4.78 is 11.4. The second kappa shape index (κ2) is 8.74. The van der Waals surface area contributed by atoms with Gasteiger partial charge in [-0.05, 0) is 43.4 Å². The van der Waals surface area contributed by atoms with Gasteiger partial charge < -0.3 is 14.7 Å². The van der Waals surface area contributed by atoms with Crippen molar-refractivity contribution in [3.63, 3.8) is 0 Å². The number of hydrogen-bond acceptors (Lipinski definition) is 8. The predicted octanol–water partition coefficient (Wildman–Crippen LogP) is 2.52. The summed E-state index contributed by atoms with van der Waals surface area (Å²) in [5, 5.41) is 14.1. The number of benzene rings is 1. The van der Waals surface area contributed by atoms with Crippen LogP contribution in [0.25, 0.3) is 22.3 Å². The van der Waals surface area contributed by atoms with Gasteiger partial charge in [0.2, 0.25) is 17.6 Å². The van der Waals surface area contributed by atoms with E-state index in [1.165, 1.54) is 11.5 Å². The lowest BCUT2D eigenvalue weighted by molar-refractivity contribution is -0.131. The van der Waals surface area contributed by atoms with Crippen molar-refractivity contribution in [3.05, 3.63) is 46.9 Å². The van der Waals surface area contributed by atoms with E-state index in [9.17, 15) is 9.59 Å². The van der Waals surface area contributed by atoms with Crippen molar-refractivity contribution in [2.24, 2.45) is 7.05 Å². The molecule has 0 saturated carbocycles. The number of nitrogens with one attached hydrogen (secondary N) is 1. The summed E-state index contributed by atoms with van der Waals surface area (Å²) in [6.45, 7) is 3.10. The van der Waals surface area contributed by atoms with Gasteiger partial charge in [-0.15, -0.1) is 0 Å². The largest absolute Gasteiger partial charge is 0.342 e. The first-order valence-corrected chi connectivity index (χ1v) is 11.6. The molecule has 170 valence electrons. The van der Waals surface area contributed by atoms with Crippen LogP contribution in [0.1, 0.15) is 40.8 Å². The molecule has 1 aliphatic rings. The van der Waals surface area contributed by atoms with E-state index in [-0.39, 0.29) is 24.3 Å². The molecule has 3 aromatic heterocycles. The Bertz CT molecular complexity index is 1300. The Labute approximate surface area is 193 Å². The summed E-state index contributed by atoms with van der Waals surface area (Å²) >= 11 is 1.20. The number of nitrogens with zero attached hydrogens (tertiary/aromatic N) is 6. The molecule has 0 unspecified atom stereocenters. The maximum Gasteiger partial charge on any atom is 0.271 e. The fourth-order valence-electron chi connectivity index (χ4n) is 4.16. The maximum absolute atomic E-state index is 12.5. The van der Waals surface area contributed by atoms with Gasteiger partial charge in [-0.25, -0.2) is 0 Å². The van der Waals surface area contributed by atoms with Crippen molar-refractivity contribution in [2.75, 3.05) is 19.6 Å². The average Bonchev–Trinajstić information content (AvgIpc) is 3.59. The lowest BCUT2D eigenvalue weighted by Crippen LogP contribution is -2.43. The van der Waals surface area contributed by atoms with Crippen LogP contribution in [-0.2, 0) is 11.8 Å². The molecule has 1 N–H and O–H groups in total. The summed E-state index contributed by atoms with van der Waals surface area (Å²) in [5.74, 6) is 0.798. The minimum Gasteiger partial charge on any atom is -0.342 e. The smallest absolute Gasteiger partial charge is 0.271 e. The highest BCUT2D eigenvalue weighted by molar-refractivity contribution is 7.03. The van der Waals surface area contributed by atoms with Crippen LogP contribution < -0.4 is 5.32 Å². The molecule has 10 nitrogen and oxygen atoms in total. The number of carbonyl (C=O) groups excluding carboxylic acids is 2. The molecule has 1 aromatic carbocycles. The summed E-state index contributed by atoms with van der Waals surface area (Å²) in [7, 11) is 1.92.